The molecule has 1 N–H and O–H groups in total. The van der Waals surface area contributed by atoms with E-state index in [1.54, 1.807) is 4.90 Å². The van der Waals surface area contributed by atoms with Crippen molar-refractivity contribution in [2.45, 2.75) is 19.0 Å². The summed E-state index contributed by atoms with van der Waals surface area (Å²) >= 11 is 11.7. The molecule has 3 rings (SSSR count). The number of benzene rings is 1. The third kappa shape index (κ3) is 4.67. The van der Waals surface area contributed by atoms with Crippen molar-refractivity contribution in [3.63, 3.8) is 0 Å². The van der Waals surface area contributed by atoms with Crippen LogP contribution in [0.3, 0.4) is 0 Å². The highest BCUT2D eigenvalue weighted by atomic mass is 35.5. The first-order valence-electron chi connectivity index (χ1n) is 8.39. The minimum atomic E-state index is -4.51. The molecule has 1 saturated heterocycles. The zero-order valence-corrected chi connectivity index (χ0v) is 15.9. The van der Waals surface area contributed by atoms with Crippen LogP contribution >= 0.6 is 23.2 Å². The summed E-state index contributed by atoms with van der Waals surface area (Å²) in [5, 5.41) is 2.52. The molecule has 1 aliphatic heterocycles. The molecule has 2 heterocycles. The van der Waals surface area contributed by atoms with Gasteiger partial charge in [0.25, 0.3) is 0 Å². The van der Waals surface area contributed by atoms with Gasteiger partial charge in [0.15, 0.2) is 0 Å². The predicted octanol–water partition coefficient (Wildman–Crippen LogP) is 5.40. The van der Waals surface area contributed by atoms with Gasteiger partial charge in [0.2, 0.25) is 5.91 Å². The molecule has 1 aromatic heterocycles. The molecule has 0 bridgehead atoms. The Labute approximate surface area is 168 Å². The van der Waals surface area contributed by atoms with Gasteiger partial charge in [0.05, 0.1) is 15.6 Å². The maximum atomic E-state index is 13.2. The van der Waals surface area contributed by atoms with Crippen molar-refractivity contribution >= 4 is 40.6 Å². The van der Waals surface area contributed by atoms with Gasteiger partial charge in [-0.3, -0.25) is 4.79 Å². The number of alkyl halides is 3. The Balaban J connectivity index is 1.61. The third-order valence-electron chi connectivity index (χ3n) is 4.50. The van der Waals surface area contributed by atoms with Gasteiger partial charge < -0.3 is 10.2 Å². The molecule has 1 fully saturated rings. The second-order valence-electron chi connectivity index (χ2n) is 6.41. The van der Waals surface area contributed by atoms with Crippen LogP contribution in [-0.2, 0) is 11.0 Å². The van der Waals surface area contributed by atoms with E-state index in [2.05, 4.69) is 10.3 Å². The highest BCUT2D eigenvalue weighted by molar-refractivity contribution is 6.33. The molecular formula is C18H15Cl2F4N3O. The van der Waals surface area contributed by atoms with Crippen LogP contribution in [0.5, 0.6) is 0 Å². The van der Waals surface area contributed by atoms with Gasteiger partial charge >= 0.3 is 6.18 Å². The number of rotatable bonds is 3. The minimum absolute atomic E-state index is 0.0846. The Morgan fingerprint density at radius 1 is 1.14 bits per heavy atom. The van der Waals surface area contributed by atoms with Crippen molar-refractivity contribution in [1.82, 2.24) is 4.98 Å². The summed E-state index contributed by atoms with van der Waals surface area (Å²) in [4.78, 5) is 18.0. The molecule has 0 radical (unpaired) electrons. The minimum Gasteiger partial charge on any atom is -0.355 e. The highest BCUT2D eigenvalue weighted by Gasteiger charge is 2.33. The largest absolute Gasteiger partial charge is 0.417 e. The summed E-state index contributed by atoms with van der Waals surface area (Å²) < 4.78 is 51.4. The molecule has 0 saturated carbocycles. The molecule has 1 aliphatic rings. The number of anilines is 2. The third-order valence-corrected chi connectivity index (χ3v) is 5.07. The Kier molecular flexibility index (Phi) is 6.00. The molecule has 2 aromatic rings. The Morgan fingerprint density at radius 2 is 1.82 bits per heavy atom. The molecule has 0 unspecified atom stereocenters. The second-order valence-corrected chi connectivity index (χ2v) is 7.22. The molecule has 10 heteroatoms. The van der Waals surface area contributed by atoms with Gasteiger partial charge in [-0.2, -0.15) is 13.2 Å². The Hall–Kier alpha value is -2.06. The van der Waals surface area contributed by atoms with Gasteiger partial charge in [-0.05, 0) is 37.1 Å². The first-order chi connectivity index (χ1) is 13.1. The summed E-state index contributed by atoms with van der Waals surface area (Å²) in [5.41, 5.74) is -0.514. The number of nitrogens with zero attached hydrogens (tertiary/aromatic N) is 2. The van der Waals surface area contributed by atoms with Crippen molar-refractivity contribution in [2.75, 3.05) is 23.3 Å². The SMILES string of the molecule is O=C(Nc1ccc(F)c(Cl)c1)C1CCN(c2ncc(C(F)(F)F)cc2Cl)CC1. The second kappa shape index (κ2) is 8.13. The number of piperidine rings is 1. The fraction of sp³-hybridized carbons (Fsp3) is 0.333. The van der Waals surface area contributed by atoms with Crippen LogP contribution in [0.25, 0.3) is 0 Å². The topological polar surface area (TPSA) is 45.2 Å². The lowest BCUT2D eigenvalue weighted by molar-refractivity contribution is -0.137. The average Bonchev–Trinajstić information content (AvgIpc) is 2.64. The fourth-order valence-electron chi connectivity index (χ4n) is 2.99. The summed E-state index contributed by atoms with van der Waals surface area (Å²) in [7, 11) is 0. The normalized spacial score (nSPS) is 15.6. The summed E-state index contributed by atoms with van der Waals surface area (Å²) in [6.07, 6.45) is -2.82. The number of aromatic nitrogens is 1. The van der Waals surface area contributed by atoms with Crippen LogP contribution in [0.2, 0.25) is 10.0 Å². The fourth-order valence-corrected chi connectivity index (χ4v) is 3.46. The number of carbonyl (C=O) groups excluding carboxylic acids is 1. The lowest BCUT2D eigenvalue weighted by atomic mass is 9.95. The van der Waals surface area contributed by atoms with Gasteiger partial charge in [0.1, 0.15) is 11.6 Å². The quantitative estimate of drug-likeness (QED) is 0.656. The number of hydrogen-bond donors (Lipinski definition) is 1. The van der Waals surface area contributed by atoms with Crippen LogP contribution in [0.15, 0.2) is 30.5 Å². The first-order valence-corrected chi connectivity index (χ1v) is 9.14. The molecule has 4 nitrogen and oxygen atoms in total. The molecule has 0 atom stereocenters. The summed E-state index contributed by atoms with van der Waals surface area (Å²) in [6, 6.07) is 4.76. The van der Waals surface area contributed by atoms with Gasteiger partial charge in [-0.1, -0.05) is 23.2 Å². The zero-order valence-electron chi connectivity index (χ0n) is 14.4. The van der Waals surface area contributed by atoms with Gasteiger partial charge in [-0.25, -0.2) is 9.37 Å². The van der Waals surface area contributed by atoms with Crippen LogP contribution in [0.4, 0.5) is 29.1 Å². The Morgan fingerprint density at radius 3 is 2.39 bits per heavy atom. The number of carbonyl (C=O) groups is 1. The molecule has 28 heavy (non-hydrogen) atoms. The van der Waals surface area contributed by atoms with E-state index in [1.165, 1.54) is 18.2 Å². The van der Waals surface area contributed by atoms with E-state index >= 15 is 0 Å². The van der Waals surface area contributed by atoms with E-state index in [-0.39, 0.29) is 27.7 Å². The van der Waals surface area contributed by atoms with Crippen molar-refractivity contribution in [2.24, 2.45) is 5.92 Å². The molecule has 0 aliphatic carbocycles. The highest BCUT2D eigenvalue weighted by Crippen LogP contribution is 2.34. The van der Waals surface area contributed by atoms with Gasteiger partial charge in [0, 0.05) is 30.9 Å². The lowest BCUT2D eigenvalue weighted by Crippen LogP contribution is -2.38. The van der Waals surface area contributed by atoms with E-state index in [0.717, 1.165) is 12.3 Å². The van der Waals surface area contributed by atoms with E-state index in [9.17, 15) is 22.4 Å². The zero-order chi connectivity index (χ0) is 20.5. The first kappa shape index (κ1) is 20.7. The standard InChI is InChI=1S/C18H15Cl2F4N3O/c19-13-8-12(1-2-15(13)21)26-17(28)10-3-5-27(6-4-10)16-14(20)7-11(9-25-16)18(22,23)24/h1-2,7-10H,3-6H2,(H,26,28). The van der Waals surface area contributed by atoms with Crippen molar-refractivity contribution in [3.05, 3.63) is 51.9 Å². The van der Waals surface area contributed by atoms with Crippen LogP contribution in [-0.4, -0.2) is 24.0 Å². The number of amides is 1. The molecule has 1 amide bonds. The van der Waals surface area contributed by atoms with Gasteiger partial charge in [-0.15, -0.1) is 0 Å². The van der Waals surface area contributed by atoms with Crippen molar-refractivity contribution < 1.29 is 22.4 Å². The number of pyridine rings is 1. The van der Waals surface area contributed by atoms with E-state index in [0.29, 0.717) is 31.6 Å². The predicted molar refractivity (Wildman–Crippen MR) is 99.2 cm³/mol. The van der Waals surface area contributed by atoms with E-state index < -0.39 is 17.6 Å². The summed E-state index contributed by atoms with van der Waals surface area (Å²) in [5.74, 6) is -0.838. The monoisotopic (exact) mass is 435 g/mol. The van der Waals surface area contributed by atoms with Crippen molar-refractivity contribution in [1.29, 1.82) is 0 Å². The van der Waals surface area contributed by atoms with E-state index in [4.69, 9.17) is 23.2 Å². The lowest BCUT2D eigenvalue weighted by Gasteiger charge is -2.32. The molecular weight excluding hydrogens is 421 g/mol. The smallest absolute Gasteiger partial charge is 0.355 e. The average molecular weight is 436 g/mol. The molecule has 150 valence electrons. The number of halogens is 6. The molecule has 0 spiro atoms. The molecule has 1 aromatic carbocycles. The van der Waals surface area contributed by atoms with Crippen LogP contribution in [0, 0.1) is 11.7 Å². The number of hydrogen-bond acceptors (Lipinski definition) is 3. The van der Waals surface area contributed by atoms with Crippen LogP contribution < -0.4 is 10.2 Å². The van der Waals surface area contributed by atoms with E-state index in [1.807, 2.05) is 0 Å². The maximum absolute atomic E-state index is 13.2. The number of nitrogens with one attached hydrogen (secondary N) is 1. The maximum Gasteiger partial charge on any atom is 0.417 e. The Bertz CT molecular complexity index is 884. The summed E-state index contributed by atoms with van der Waals surface area (Å²) in [6.45, 7) is 0.834. The van der Waals surface area contributed by atoms with Crippen molar-refractivity contribution in [3.8, 4) is 0 Å². The van der Waals surface area contributed by atoms with Crippen LogP contribution in [0.1, 0.15) is 18.4 Å².